The van der Waals surface area contributed by atoms with Crippen molar-refractivity contribution in [2.45, 2.75) is 39.3 Å². The minimum absolute atomic E-state index is 0.101. The maximum atomic E-state index is 14.2. The van der Waals surface area contributed by atoms with Gasteiger partial charge >= 0.3 is 0 Å². The molecule has 0 heterocycles. The maximum Gasteiger partial charge on any atom is 0.242 e. The molecule has 0 aliphatic rings. The Kier molecular flexibility index (Phi) is 8.75. The van der Waals surface area contributed by atoms with E-state index in [-0.39, 0.29) is 29.5 Å². The van der Waals surface area contributed by atoms with Gasteiger partial charge in [-0.2, -0.15) is 0 Å². The van der Waals surface area contributed by atoms with Crippen LogP contribution in [-0.4, -0.2) is 29.3 Å². The van der Waals surface area contributed by atoms with Crippen LogP contribution in [0.15, 0.2) is 36.4 Å². The highest BCUT2D eigenvalue weighted by Gasteiger charge is 2.29. The van der Waals surface area contributed by atoms with Crippen LogP contribution in [0.1, 0.15) is 31.4 Å². The van der Waals surface area contributed by atoms with Gasteiger partial charge in [-0.25, -0.2) is 4.39 Å². The van der Waals surface area contributed by atoms with Crippen LogP contribution in [0.3, 0.4) is 0 Å². The molecule has 2 aromatic rings. The van der Waals surface area contributed by atoms with Crippen LogP contribution in [0, 0.1) is 5.82 Å². The summed E-state index contributed by atoms with van der Waals surface area (Å²) in [4.78, 5) is 27.1. The van der Waals surface area contributed by atoms with Crippen LogP contribution in [0.2, 0.25) is 15.1 Å². The van der Waals surface area contributed by atoms with E-state index in [1.807, 2.05) is 6.92 Å². The first-order chi connectivity index (χ1) is 13.8. The number of nitrogens with one attached hydrogen (secondary N) is 1. The van der Waals surface area contributed by atoms with Gasteiger partial charge in [-0.1, -0.05) is 53.9 Å². The molecule has 0 saturated heterocycles. The predicted molar refractivity (Wildman–Crippen MR) is 115 cm³/mol. The average Bonchev–Trinajstić information content (AvgIpc) is 2.67. The second-order valence-electron chi connectivity index (χ2n) is 6.47. The molecule has 156 valence electrons. The molecule has 0 bridgehead atoms. The number of halogens is 4. The van der Waals surface area contributed by atoms with Gasteiger partial charge in [0.15, 0.2) is 0 Å². The maximum absolute atomic E-state index is 14.2. The van der Waals surface area contributed by atoms with Gasteiger partial charge in [-0.15, -0.1) is 0 Å². The zero-order valence-corrected chi connectivity index (χ0v) is 18.4. The van der Waals surface area contributed by atoms with E-state index in [0.29, 0.717) is 28.6 Å². The number of hydrogen-bond donors (Lipinski definition) is 1. The normalized spacial score (nSPS) is 11.8. The van der Waals surface area contributed by atoms with E-state index < -0.39 is 17.8 Å². The van der Waals surface area contributed by atoms with E-state index in [2.05, 4.69) is 5.32 Å². The van der Waals surface area contributed by atoms with E-state index in [9.17, 15) is 14.0 Å². The Bertz CT molecular complexity index is 872. The van der Waals surface area contributed by atoms with Gasteiger partial charge < -0.3 is 10.2 Å². The lowest BCUT2D eigenvalue weighted by Gasteiger charge is -2.31. The highest BCUT2D eigenvalue weighted by molar-refractivity contribution is 6.42. The van der Waals surface area contributed by atoms with Crippen LogP contribution >= 0.6 is 34.8 Å². The summed E-state index contributed by atoms with van der Waals surface area (Å²) in [7, 11) is 0. The number of hydrogen-bond acceptors (Lipinski definition) is 2. The Morgan fingerprint density at radius 2 is 1.79 bits per heavy atom. The largest absolute Gasteiger partial charge is 0.355 e. The first kappa shape index (κ1) is 23.5. The van der Waals surface area contributed by atoms with Crippen LogP contribution in [-0.2, 0) is 22.6 Å². The zero-order chi connectivity index (χ0) is 21.6. The van der Waals surface area contributed by atoms with Crippen LogP contribution in [0.4, 0.5) is 4.39 Å². The van der Waals surface area contributed by atoms with Crippen molar-refractivity contribution >= 4 is 46.6 Å². The van der Waals surface area contributed by atoms with Gasteiger partial charge in [0, 0.05) is 23.7 Å². The van der Waals surface area contributed by atoms with Gasteiger partial charge in [-0.05, 0) is 43.2 Å². The number of likely N-dealkylation sites (N-methyl/N-ethyl adjacent to an activating group) is 1. The molecule has 8 heteroatoms. The summed E-state index contributed by atoms with van der Waals surface area (Å²) < 4.78 is 14.2. The van der Waals surface area contributed by atoms with E-state index in [1.54, 1.807) is 25.1 Å². The van der Waals surface area contributed by atoms with Crippen molar-refractivity contribution in [3.8, 4) is 0 Å². The minimum atomic E-state index is -0.720. The summed E-state index contributed by atoms with van der Waals surface area (Å²) in [6, 6.07) is 8.53. The molecule has 2 rings (SSSR count). The molecule has 0 spiro atoms. The first-order valence-corrected chi connectivity index (χ1v) is 10.4. The van der Waals surface area contributed by atoms with Crippen molar-refractivity contribution < 1.29 is 14.0 Å². The summed E-state index contributed by atoms with van der Waals surface area (Å²) in [6.07, 6.45) is 0.132. The summed E-state index contributed by atoms with van der Waals surface area (Å²) in [5.74, 6) is -1.25. The Labute approximate surface area is 184 Å². The smallest absolute Gasteiger partial charge is 0.242 e. The summed E-state index contributed by atoms with van der Waals surface area (Å²) in [5, 5.41) is 3.65. The number of nitrogens with zero attached hydrogens (tertiary/aromatic N) is 1. The highest BCUT2D eigenvalue weighted by Crippen LogP contribution is 2.25. The zero-order valence-electron chi connectivity index (χ0n) is 16.1. The molecule has 4 nitrogen and oxygen atoms in total. The van der Waals surface area contributed by atoms with Gasteiger partial charge in [-0.3, -0.25) is 9.59 Å². The molecule has 0 saturated carbocycles. The molecular formula is C21H22Cl3FN2O2. The second-order valence-corrected chi connectivity index (χ2v) is 7.69. The Balaban J connectivity index is 2.37. The molecule has 29 heavy (non-hydrogen) atoms. The van der Waals surface area contributed by atoms with Crippen LogP contribution < -0.4 is 5.32 Å². The van der Waals surface area contributed by atoms with E-state index >= 15 is 0 Å². The number of carbonyl (C=O) groups is 2. The fourth-order valence-electron chi connectivity index (χ4n) is 3.00. The van der Waals surface area contributed by atoms with Gasteiger partial charge in [0.1, 0.15) is 11.9 Å². The molecule has 0 aliphatic carbocycles. The van der Waals surface area contributed by atoms with E-state index in [4.69, 9.17) is 34.8 Å². The van der Waals surface area contributed by atoms with Gasteiger partial charge in [0.05, 0.1) is 16.5 Å². The number of amides is 2. The van der Waals surface area contributed by atoms with Crippen LogP contribution in [0.5, 0.6) is 0 Å². The first-order valence-electron chi connectivity index (χ1n) is 9.22. The number of rotatable bonds is 8. The molecular weight excluding hydrogens is 438 g/mol. The van der Waals surface area contributed by atoms with Crippen molar-refractivity contribution in [3.05, 3.63) is 68.4 Å². The van der Waals surface area contributed by atoms with Gasteiger partial charge in [0.2, 0.25) is 11.8 Å². The topological polar surface area (TPSA) is 49.4 Å². The SMILES string of the molecule is CCNC(=O)[C@@H](CC)N(Cc1ccc(Cl)c(Cl)c1)C(=O)Cc1c(F)cccc1Cl. The molecule has 2 amide bonds. The minimum Gasteiger partial charge on any atom is -0.355 e. The Morgan fingerprint density at radius 3 is 2.38 bits per heavy atom. The van der Waals surface area contributed by atoms with Crippen molar-refractivity contribution in [1.82, 2.24) is 10.2 Å². The van der Waals surface area contributed by atoms with E-state index in [0.717, 1.165) is 0 Å². The van der Waals surface area contributed by atoms with E-state index in [1.165, 1.54) is 23.1 Å². The summed E-state index contributed by atoms with van der Waals surface area (Å²) >= 11 is 18.1. The average molecular weight is 460 g/mol. The number of benzene rings is 2. The Morgan fingerprint density at radius 1 is 1.07 bits per heavy atom. The van der Waals surface area contributed by atoms with Crippen molar-refractivity contribution in [2.24, 2.45) is 0 Å². The quantitative estimate of drug-likeness (QED) is 0.584. The summed E-state index contributed by atoms with van der Waals surface area (Å²) in [5.41, 5.74) is 0.805. The molecule has 2 aromatic carbocycles. The molecule has 1 N–H and O–H groups in total. The highest BCUT2D eigenvalue weighted by atomic mass is 35.5. The lowest BCUT2D eigenvalue weighted by atomic mass is 10.1. The molecule has 0 aliphatic heterocycles. The van der Waals surface area contributed by atoms with Crippen LogP contribution in [0.25, 0.3) is 0 Å². The lowest BCUT2D eigenvalue weighted by Crippen LogP contribution is -2.49. The fourth-order valence-corrected chi connectivity index (χ4v) is 3.55. The Hall–Kier alpha value is -1.82. The van der Waals surface area contributed by atoms with Gasteiger partial charge in [0.25, 0.3) is 0 Å². The monoisotopic (exact) mass is 458 g/mol. The van der Waals surface area contributed by atoms with Crippen molar-refractivity contribution in [3.63, 3.8) is 0 Å². The molecule has 0 radical (unpaired) electrons. The third-order valence-electron chi connectivity index (χ3n) is 4.46. The van der Waals surface area contributed by atoms with Crippen molar-refractivity contribution in [2.75, 3.05) is 6.54 Å². The fraction of sp³-hybridized carbons (Fsp3) is 0.333. The lowest BCUT2D eigenvalue weighted by molar-refractivity contribution is -0.140. The standard InChI is InChI=1S/C21H22Cl3FN2O2/c1-3-19(21(29)26-4-2)27(12-13-8-9-16(23)17(24)10-13)20(28)11-14-15(22)6-5-7-18(14)25/h5-10,19H,3-4,11-12H2,1-2H3,(H,26,29)/t19-/m1/s1. The molecule has 0 fully saturated rings. The summed E-state index contributed by atoms with van der Waals surface area (Å²) in [6.45, 7) is 4.17. The third kappa shape index (κ3) is 6.08. The number of carbonyl (C=O) groups excluding carboxylic acids is 2. The third-order valence-corrected chi connectivity index (χ3v) is 5.56. The molecule has 0 aromatic heterocycles. The predicted octanol–water partition coefficient (Wildman–Crippen LogP) is 5.27. The molecule has 1 atom stereocenters. The second kappa shape index (κ2) is 10.8. The molecule has 0 unspecified atom stereocenters. The van der Waals surface area contributed by atoms with Crippen molar-refractivity contribution in [1.29, 1.82) is 0 Å².